The molecule has 1 aliphatic heterocycles. The smallest absolute Gasteiger partial charge is 0.355 e. The predicted molar refractivity (Wildman–Crippen MR) is 95.8 cm³/mol. The Bertz CT molecular complexity index is 660. The molecule has 0 unspecified atom stereocenters. The van der Waals surface area contributed by atoms with Crippen LogP contribution in [-0.2, 0) is 22.3 Å². The average Bonchev–Trinajstić information content (AvgIpc) is 2.99. The summed E-state index contributed by atoms with van der Waals surface area (Å²) >= 11 is 0. The van der Waals surface area contributed by atoms with Crippen molar-refractivity contribution in [1.29, 1.82) is 0 Å². The first kappa shape index (κ1) is 21.2. The van der Waals surface area contributed by atoms with E-state index in [0.717, 1.165) is 31.8 Å². The number of likely N-dealkylation sites (tertiary alicyclic amines) is 1. The number of benzene rings is 1. The fourth-order valence-corrected chi connectivity index (χ4v) is 3.19. The quantitative estimate of drug-likeness (QED) is 0.748. The topological polar surface area (TPSA) is 52.7 Å². The van der Waals surface area contributed by atoms with Gasteiger partial charge in [0.15, 0.2) is 0 Å². The van der Waals surface area contributed by atoms with Crippen LogP contribution in [0, 0.1) is 5.92 Å². The Morgan fingerprint density at radius 2 is 2.00 bits per heavy atom. The first-order valence-electron chi connectivity index (χ1n) is 9.18. The largest absolute Gasteiger partial charge is 0.416 e. The summed E-state index contributed by atoms with van der Waals surface area (Å²) in [6.07, 6.45) is -4.33. The number of nitrogens with zero attached hydrogens (tertiary/aromatic N) is 2. The molecule has 1 heterocycles. The van der Waals surface area contributed by atoms with E-state index in [1.54, 1.807) is 6.07 Å². The van der Waals surface area contributed by atoms with E-state index in [1.807, 2.05) is 13.8 Å². The molecule has 1 N–H and O–H groups in total. The standard InChI is InChI=1S/C19H26F3N3O2/c1-3-24(4-2)9-8-23-18(27)15-11-17(26)25(13-15)12-14-6-5-7-16(10-14)19(20,21)22/h5-7,10,15H,3-4,8-9,11-13H2,1-2H3,(H,23,27)/t15-/m1/s1. The van der Waals surface area contributed by atoms with Crippen LogP contribution in [0.1, 0.15) is 31.4 Å². The molecule has 2 rings (SSSR count). The molecule has 1 aromatic rings. The Labute approximate surface area is 157 Å². The first-order chi connectivity index (χ1) is 12.7. The van der Waals surface area contributed by atoms with E-state index in [1.165, 1.54) is 11.0 Å². The molecule has 0 radical (unpaired) electrons. The molecule has 0 spiro atoms. The van der Waals surface area contributed by atoms with Gasteiger partial charge in [-0.05, 0) is 30.8 Å². The third-order valence-electron chi connectivity index (χ3n) is 4.83. The third kappa shape index (κ3) is 5.95. The molecule has 2 amide bonds. The van der Waals surface area contributed by atoms with Gasteiger partial charge in [-0.3, -0.25) is 9.59 Å². The van der Waals surface area contributed by atoms with Gasteiger partial charge < -0.3 is 15.1 Å². The highest BCUT2D eigenvalue weighted by Gasteiger charge is 2.35. The van der Waals surface area contributed by atoms with Crippen molar-refractivity contribution in [2.75, 3.05) is 32.7 Å². The highest BCUT2D eigenvalue weighted by Crippen LogP contribution is 2.30. The van der Waals surface area contributed by atoms with Crippen molar-refractivity contribution in [1.82, 2.24) is 15.1 Å². The van der Waals surface area contributed by atoms with Crippen LogP contribution in [0.4, 0.5) is 13.2 Å². The molecule has 1 atom stereocenters. The lowest BCUT2D eigenvalue weighted by atomic mass is 10.1. The normalized spacial score (nSPS) is 17.6. The summed E-state index contributed by atoms with van der Waals surface area (Å²) in [7, 11) is 0. The number of amides is 2. The molecule has 1 fully saturated rings. The number of halogens is 3. The van der Waals surface area contributed by atoms with Crippen LogP contribution in [-0.4, -0.2) is 54.3 Å². The maximum atomic E-state index is 12.8. The minimum absolute atomic E-state index is 0.0754. The number of hydrogen-bond donors (Lipinski definition) is 1. The monoisotopic (exact) mass is 385 g/mol. The SMILES string of the molecule is CCN(CC)CCNC(=O)[C@@H]1CC(=O)N(Cc2cccc(C(F)(F)F)c2)C1. The van der Waals surface area contributed by atoms with Crippen molar-refractivity contribution < 1.29 is 22.8 Å². The minimum Gasteiger partial charge on any atom is -0.355 e. The first-order valence-corrected chi connectivity index (χ1v) is 9.18. The molecule has 0 aliphatic carbocycles. The van der Waals surface area contributed by atoms with Crippen molar-refractivity contribution in [2.24, 2.45) is 5.92 Å². The van der Waals surface area contributed by atoms with E-state index < -0.39 is 17.7 Å². The zero-order valence-electron chi connectivity index (χ0n) is 15.7. The van der Waals surface area contributed by atoms with Crippen molar-refractivity contribution in [3.05, 3.63) is 35.4 Å². The third-order valence-corrected chi connectivity index (χ3v) is 4.83. The summed E-state index contributed by atoms with van der Waals surface area (Å²) in [4.78, 5) is 28.1. The molecule has 1 aliphatic rings. The second-order valence-corrected chi connectivity index (χ2v) is 6.69. The summed E-state index contributed by atoms with van der Waals surface area (Å²) in [5.41, 5.74) is -0.335. The highest BCUT2D eigenvalue weighted by atomic mass is 19.4. The Morgan fingerprint density at radius 3 is 2.63 bits per heavy atom. The molecule has 0 saturated carbocycles. The Morgan fingerprint density at radius 1 is 1.30 bits per heavy atom. The van der Waals surface area contributed by atoms with Gasteiger partial charge in [-0.15, -0.1) is 0 Å². The molecule has 27 heavy (non-hydrogen) atoms. The number of carbonyl (C=O) groups is 2. The number of alkyl halides is 3. The van der Waals surface area contributed by atoms with Gasteiger partial charge in [-0.2, -0.15) is 13.2 Å². The van der Waals surface area contributed by atoms with Gasteiger partial charge in [0.05, 0.1) is 11.5 Å². The van der Waals surface area contributed by atoms with Gasteiger partial charge in [-0.1, -0.05) is 26.0 Å². The summed E-state index contributed by atoms with van der Waals surface area (Å²) in [5, 5.41) is 2.85. The average molecular weight is 385 g/mol. The summed E-state index contributed by atoms with van der Waals surface area (Å²) in [6, 6.07) is 4.93. The molecular weight excluding hydrogens is 359 g/mol. The van der Waals surface area contributed by atoms with E-state index >= 15 is 0 Å². The molecule has 5 nitrogen and oxygen atoms in total. The molecule has 150 valence electrons. The molecule has 1 saturated heterocycles. The van der Waals surface area contributed by atoms with Crippen molar-refractivity contribution in [3.8, 4) is 0 Å². The van der Waals surface area contributed by atoms with Crippen molar-refractivity contribution in [2.45, 2.75) is 33.0 Å². The molecule has 8 heteroatoms. The van der Waals surface area contributed by atoms with E-state index in [0.29, 0.717) is 12.1 Å². The molecule has 0 bridgehead atoms. The van der Waals surface area contributed by atoms with Crippen LogP contribution in [0.2, 0.25) is 0 Å². The van der Waals surface area contributed by atoms with Crippen LogP contribution >= 0.6 is 0 Å². The fraction of sp³-hybridized carbons (Fsp3) is 0.579. The van der Waals surface area contributed by atoms with Crippen LogP contribution in [0.25, 0.3) is 0 Å². The van der Waals surface area contributed by atoms with E-state index in [-0.39, 0.29) is 31.3 Å². The predicted octanol–water partition coefficient (Wildman–Crippen LogP) is 2.51. The van der Waals surface area contributed by atoms with Gasteiger partial charge >= 0.3 is 6.18 Å². The van der Waals surface area contributed by atoms with Gasteiger partial charge in [0.2, 0.25) is 11.8 Å². The van der Waals surface area contributed by atoms with E-state index in [2.05, 4.69) is 10.2 Å². The summed E-state index contributed by atoms with van der Waals surface area (Å²) in [6.45, 7) is 7.46. The van der Waals surface area contributed by atoms with Gasteiger partial charge in [0.25, 0.3) is 0 Å². The Balaban J connectivity index is 1.89. The number of carbonyl (C=O) groups excluding carboxylic acids is 2. The Kier molecular flexibility index (Phi) is 7.24. The van der Waals surface area contributed by atoms with Crippen LogP contribution in [0.15, 0.2) is 24.3 Å². The van der Waals surface area contributed by atoms with Gasteiger partial charge in [0, 0.05) is 32.6 Å². The van der Waals surface area contributed by atoms with Crippen molar-refractivity contribution >= 4 is 11.8 Å². The summed E-state index contributed by atoms with van der Waals surface area (Å²) in [5.74, 6) is -0.849. The zero-order valence-corrected chi connectivity index (χ0v) is 15.7. The lowest BCUT2D eigenvalue weighted by molar-refractivity contribution is -0.137. The van der Waals surface area contributed by atoms with Crippen LogP contribution in [0.3, 0.4) is 0 Å². The molecule has 1 aromatic carbocycles. The lowest BCUT2D eigenvalue weighted by Crippen LogP contribution is -2.38. The van der Waals surface area contributed by atoms with Crippen molar-refractivity contribution in [3.63, 3.8) is 0 Å². The number of nitrogens with one attached hydrogen (secondary N) is 1. The molecular formula is C19H26F3N3O2. The molecule has 0 aromatic heterocycles. The Hall–Kier alpha value is -2.09. The minimum atomic E-state index is -4.42. The zero-order chi connectivity index (χ0) is 20.0. The second-order valence-electron chi connectivity index (χ2n) is 6.69. The maximum absolute atomic E-state index is 12.8. The number of likely N-dealkylation sites (N-methyl/N-ethyl adjacent to an activating group) is 1. The second kappa shape index (κ2) is 9.21. The lowest BCUT2D eigenvalue weighted by Gasteiger charge is -2.19. The van der Waals surface area contributed by atoms with Gasteiger partial charge in [-0.25, -0.2) is 0 Å². The van der Waals surface area contributed by atoms with Crippen LogP contribution in [0.5, 0.6) is 0 Å². The van der Waals surface area contributed by atoms with Gasteiger partial charge in [0.1, 0.15) is 0 Å². The fourth-order valence-electron chi connectivity index (χ4n) is 3.19. The maximum Gasteiger partial charge on any atom is 0.416 e. The van der Waals surface area contributed by atoms with Crippen LogP contribution < -0.4 is 5.32 Å². The summed E-state index contributed by atoms with van der Waals surface area (Å²) < 4.78 is 38.4. The highest BCUT2D eigenvalue weighted by molar-refractivity contribution is 5.89. The van der Waals surface area contributed by atoms with E-state index in [4.69, 9.17) is 0 Å². The van der Waals surface area contributed by atoms with E-state index in [9.17, 15) is 22.8 Å². The number of rotatable bonds is 8. The number of hydrogen-bond acceptors (Lipinski definition) is 3.